The Morgan fingerprint density at radius 1 is 1.04 bits per heavy atom. The summed E-state index contributed by atoms with van der Waals surface area (Å²) in [6, 6.07) is 23.1. The van der Waals surface area contributed by atoms with E-state index in [0.29, 0.717) is 11.6 Å². The summed E-state index contributed by atoms with van der Waals surface area (Å²) in [7, 11) is 0. The van der Waals surface area contributed by atoms with E-state index < -0.39 is 0 Å². The number of hydrogen-bond acceptors (Lipinski definition) is 3. The van der Waals surface area contributed by atoms with Gasteiger partial charge in [-0.05, 0) is 53.6 Å². The molecule has 0 aliphatic rings. The van der Waals surface area contributed by atoms with Crippen molar-refractivity contribution in [2.45, 2.75) is 25.9 Å². The lowest BCUT2D eigenvalue weighted by Gasteiger charge is -2.13. The van der Waals surface area contributed by atoms with Gasteiger partial charge in [0.2, 0.25) is 0 Å². The van der Waals surface area contributed by atoms with E-state index in [1.807, 2.05) is 30.3 Å². The molecule has 0 spiro atoms. The molecule has 120 valence electrons. The maximum Gasteiger partial charge on any atom is 0.0991 e. The Bertz CT molecular complexity index is 813. The summed E-state index contributed by atoms with van der Waals surface area (Å²) in [5.41, 5.74) is 4.57. The number of benzene rings is 2. The average Bonchev–Trinajstić information content (AvgIpc) is 3.10. The fourth-order valence-corrected chi connectivity index (χ4v) is 3.58. The van der Waals surface area contributed by atoms with Crippen LogP contribution in [0.2, 0.25) is 0 Å². The predicted octanol–water partition coefficient (Wildman–Crippen LogP) is 5.01. The standard InChI is InChI=1S/C21H20N2S/c1-16(11-17-7-9-18(13-22)10-8-17)23-14-19-12-21(24-15-19)20-5-3-2-4-6-20/h2-10,12,15-16,23H,11,14H2,1H3. The molecular formula is C21H20N2S. The fraction of sp³-hybridized carbons (Fsp3) is 0.190. The SMILES string of the molecule is CC(Cc1ccc(C#N)cc1)NCc1csc(-c2ccccc2)c1. The van der Waals surface area contributed by atoms with Gasteiger partial charge < -0.3 is 5.32 Å². The highest BCUT2D eigenvalue weighted by atomic mass is 32.1. The van der Waals surface area contributed by atoms with Crippen molar-refractivity contribution in [3.63, 3.8) is 0 Å². The van der Waals surface area contributed by atoms with Crippen molar-refractivity contribution in [1.82, 2.24) is 5.32 Å². The molecule has 2 nitrogen and oxygen atoms in total. The van der Waals surface area contributed by atoms with Crippen LogP contribution in [-0.2, 0) is 13.0 Å². The maximum absolute atomic E-state index is 8.84. The molecule has 0 saturated carbocycles. The summed E-state index contributed by atoms with van der Waals surface area (Å²) in [5.74, 6) is 0. The third-order valence-corrected chi connectivity index (χ3v) is 5.02. The van der Waals surface area contributed by atoms with Crippen LogP contribution in [0.25, 0.3) is 10.4 Å². The minimum Gasteiger partial charge on any atom is -0.310 e. The zero-order valence-electron chi connectivity index (χ0n) is 13.7. The quantitative estimate of drug-likeness (QED) is 0.689. The Labute approximate surface area is 147 Å². The van der Waals surface area contributed by atoms with E-state index in [4.69, 9.17) is 5.26 Å². The Balaban J connectivity index is 1.54. The van der Waals surface area contributed by atoms with E-state index in [-0.39, 0.29) is 0 Å². The Kier molecular flexibility index (Phi) is 5.43. The van der Waals surface area contributed by atoms with Crippen molar-refractivity contribution in [1.29, 1.82) is 5.26 Å². The molecule has 1 aromatic heterocycles. The summed E-state index contributed by atoms with van der Waals surface area (Å²) in [6.45, 7) is 3.07. The highest BCUT2D eigenvalue weighted by Crippen LogP contribution is 2.26. The van der Waals surface area contributed by atoms with Crippen molar-refractivity contribution < 1.29 is 0 Å². The average molecular weight is 332 g/mol. The number of rotatable bonds is 6. The number of nitrogens with one attached hydrogen (secondary N) is 1. The maximum atomic E-state index is 8.84. The summed E-state index contributed by atoms with van der Waals surface area (Å²) in [4.78, 5) is 1.31. The van der Waals surface area contributed by atoms with E-state index in [9.17, 15) is 0 Å². The molecule has 24 heavy (non-hydrogen) atoms. The number of thiophene rings is 1. The zero-order valence-corrected chi connectivity index (χ0v) is 14.5. The van der Waals surface area contributed by atoms with Crippen LogP contribution < -0.4 is 5.32 Å². The van der Waals surface area contributed by atoms with Crippen molar-refractivity contribution in [2.75, 3.05) is 0 Å². The fourth-order valence-electron chi connectivity index (χ4n) is 2.66. The summed E-state index contributed by atoms with van der Waals surface area (Å²) < 4.78 is 0. The lowest BCUT2D eigenvalue weighted by molar-refractivity contribution is 0.546. The zero-order chi connectivity index (χ0) is 16.8. The number of nitriles is 1. The largest absolute Gasteiger partial charge is 0.310 e. The Morgan fingerprint density at radius 3 is 2.50 bits per heavy atom. The van der Waals surface area contributed by atoms with E-state index in [1.165, 1.54) is 21.6 Å². The molecule has 3 aromatic rings. The van der Waals surface area contributed by atoms with Gasteiger partial charge >= 0.3 is 0 Å². The molecule has 0 amide bonds. The van der Waals surface area contributed by atoms with Crippen LogP contribution in [0.1, 0.15) is 23.6 Å². The van der Waals surface area contributed by atoms with Crippen LogP contribution in [0.4, 0.5) is 0 Å². The van der Waals surface area contributed by atoms with E-state index in [0.717, 1.165) is 13.0 Å². The second-order valence-electron chi connectivity index (χ2n) is 5.98. The van der Waals surface area contributed by atoms with Gasteiger partial charge in [0.15, 0.2) is 0 Å². The molecule has 1 N–H and O–H groups in total. The molecular weight excluding hydrogens is 312 g/mol. The van der Waals surface area contributed by atoms with Gasteiger partial charge in [-0.1, -0.05) is 42.5 Å². The van der Waals surface area contributed by atoms with Gasteiger partial charge in [0.25, 0.3) is 0 Å². The van der Waals surface area contributed by atoms with Gasteiger partial charge in [0, 0.05) is 17.5 Å². The van der Waals surface area contributed by atoms with Crippen LogP contribution in [0.3, 0.4) is 0 Å². The highest BCUT2D eigenvalue weighted by molar-refractivity contribution is 7.13. The minimum atomic E-state index is 0.387. The first-order valence-corrected chi connectivity index (χ1v) is 8.98. The smallest absolute Gasteiger partial charge is 0.0991 e. The lowest BCUT2D eigenvalue weighted by atomic mass is 10.1. The molecule has 0 fully saturated rings. The lowest BCUT2D eigenvalue weighted by Crippen LogP contribution is -2.27. The van der Waals surface area contributed by atoms with E-state index in [2.05, 4.69) is 54.0 Å². The van der Waals surface area contributed by atoms with Gasteiger partial charge in [0.1, 0.15) is 0 Å². The summed E-state index contributed by atoms with van der Waals surface area (Å²) in [6.07, 6.45) is 0.960. The van der Waals surface area contributed by atoms with Crippen LogP contribution in [0, 0.1) is 11.3 Å². The molecule has 0 bridgehead atoms. The summed E-state index contributed by atoms with van der Waals surface area (Å²) >= 11 is 1.79. The van der Waals surface area contributed by atoms with Crippen molar-refractivity contribution in [3.8, 4) is 16.5 Å². The topological polar surface area (TPSA) is 35.8 Å². The normalized spacial score (nSPS) is 11.8. The molecule has 0 aliphatic heterocycles. The number of nitrogens with zero attached hydrogens (tertiary/aromatic N) is 1. The van der Waals surface area contributed by atoms with Crippen LogP contribution in [0.15, 0.2) is 66.0 Å². The molecule has 1 unspecified atom stereocenters. The Hall–Kier alpha value is -2.41. The first kappa shape index (κ1) is 16.4. The predicted molar refractivity (Wildman–Crippen MR) is 101 cm³/mol. The summed E-state index contributed by atoms with van der Waals surface area (Å²) in [5, 5.41) is 14.7. The van der Waals surface area contributed by atoms with Gasteiger partial charge in [0.05, 0.1) is 11.6 Å². The van der Waals surface area contributed by atoms with E-state index >= 15 is 0 Å². The van der Waals surface area contributed by atoms with Crippen molar-refractivity contribution in [3.05, 3.63) is 82.7 Å². The van der Waals surface area contributed by atoms with Gasteiger partial charge in [-0.2, -0.15) is 5.26 Å². The molecule has 1 atom stereocenters. The molecule has 0 aliphatic carbocycles. The van der Waals surface area contributed by atoms with Crippen molar-refractivity contribution in [2.24, 2.45) is 0 Å². The van der Waals surface area contributed by atoms with Crippen LogP contribution in [-0.4, -0.2) is 6.04 Å². The van der Waals surface area contributed by atoms with Crippen molar-refractivity contribution >= 4 is 11.3 Å². The van der Waals surface area contributed by atoms with Crippen LogP contribution in [0.5, 0.6) is 0 Å². The second-order valence-corrected chi connectivity index (χ2v) is 6.89. The molecule has 0 radical (unpaired) electrons. The minimum absolute atomic E-state index is 0.387. The highest BCUT2D eigenvalue weighted by Gasteiger charge is 2.06. The first-order valence-electron chi connectivity index (χ1n) is 8.10. The van der Waals surface area contributed by atoms with Gasteiger partial charge in [-0.25, -0.2) is 0 Å². The third kappa shape index (κ3) is 4.32. The monoisotopic (exact) mass is 332 g/mol. The molecule has 0 saturated heterocycles. The van der Waals surface area contributed by atoms with Gasteiger partial charge in [-0.15, -0.1) is 11.3 Å². The van der Waals surface area contributed by atoms with Gasteiger partial charge in [-0.3, -0.25) is 0 Å². The third-order valence-electron chi connectivity index (χ3n) is 3.99. The number of hydrogen-bond donors (Lipinski definition) is 1. The Morgan fingerprint density at radius 2 is 1.79 bits per heavy atom. The molecule has 1 heterocycles. The molecule has 2 aromatic carbocycles. The first-order chi connectivity index (χ1) is 11.7. The molecule has 3 rings (SSSR count). The van der Waals surface area contributed by atoms with Crippen LogP contribution >= 0.6 is 11.3 Å². The molecule has 3 heteroatoms. The van der Waals surface area contributed by atoms with E-state index in [1.54, 1.807) is 11.3 Å². The second kappa shape index (κ2) is 7.92.